The highest BCUT2D eigenvalue weighted by atomic mass is 15.2. The summed E-state index contributed by atoms with van der Waals surface area (Å²) in [5.74, 6) is 0. The van der Waals surface area contributed by atoms with Crippen molar-refractivity contribution < 1.29 is 0 Å². The molecule has 1 rings (SSSR count). The maximum absolute atomic E-state index is 5.98. The fourth-order valence-corrected chi connectivity index (χ4v) is 2.87. The third-order valence-corrected chi connectivity index (χ3v) is 4.82. The van der Waals surface area contributed by atoms with Crippen molar-refractivity contribution >= 4 is 0 Å². The molecular formula is C14H30N2. The Morgan fingerprint density at radius 1 is 1.25 bits per heavy atom. The molecule has 1 aliphatic heterocycles. The molecule has 2 heteroatoms. The second kappa shape index (κ2) is 5.50. The van der Waals surface area contributed by atoms with Crippen molar-refractivity contribution in [2.75, 3.05) is 19.6 Å². The summed E-state index contributed by atoms with van der Waals surface area (Å²) in [6.45, 7) is 12.6. The minimum absolute atomic E-state index is 0.240. The van der Waals surface area contributed by atoms with Gasteiger partial charge in [-0.1, -0.05) is 33.6 Å². The van der Waals surface area contributed by atoms with Gasteiger partial charge in [0.2, 0.25) is 0 Å². The zero-order valence-electron chi connectivity index (χ0n) is 11.7. The number of piperidine rings is 1. The van der Waals surface area contributed by atoms with E-state index < -0.39 is 0 Å². The molecule has 1 unspecified atom stereocenters. The van der Waals surface area contributed by atoms with Gasteiger partial charge in [-0.25, -0.2) is 0 Å². The Labute approximate surface area is 102 Å². The van der Waals surface area contributed by atoms with E-state index in [-0.39, 0.29) is 5.54 Å². The number of likely N-dealkylation sites (tertiary alicyclic amines) is 1. The van der Waals surface area contributed by atoms with E-state index in [1.165, 1.54) is 45.2 Å². The fraction of sp³-hybridized carbons (Fsp3) is 1.00. The Hall–Kier alpha value is -0.0800. The lowest BCUT2D eigenvalue weighted by Crippen LogP contribution is -2.55. The molecule has 0 aliphatic carbocycles. The molecule has 1 atom stereocenters. The van der Waals surface area contributed by atoms with E-state index in [9.17, 15) is 0 Å². The van der Waals surface area contributed by atoms with Gasteiger partial charge in [0.1, 0.15) is 0 Å². The summed E-state index contributed by atoms with van der Waals surface area (Å²) in [7, 11) is 0. The second-order valence-corrected chi connectivity index (χ2v) is 6.10. The van der Waals surface area contributed by atoms with Crippen molar-refractivity contribution in [1.82, 2.24) is 4.90 Å². The highest BCUT2D eigenvalue weighted by molar-refractivity contribution is 4.92. The lowest BCUT2D eigenvalue weighted by molar-refractivity contribution is 0.0295. The average molecular weight is 226 g/mol. The first-order chi connectivity index (χ1) is 7.49. The quantitative estimate of drug-likeness (QED) is 0.781. The maximum Gasteiger partial charge on any atom is 0.0303 e. The standard InChI is InChI=1S/C14H30N2/c1-5-7-14(4,12-15)16-10-8-13(3,6-2)9-11-16/h5-12,15H2,1-4H3. The van der Waals surface area contributed by atoms with Crippen molar-refractivity contribution in [1.29, 1.82) is 0 Å². The third kappa shape index (κ3) is 2.98. The molecule has 2 N–H and O–H groups in total. The molecule has 1 aliphatic rings. The normalized spacial score (nSPS) is 25.3. The largest absolute Gasteiger partial charge is 0.329 e. The summed E-state index contributed by atoms with van der Waals surface area (Å²) < 4.78 is 0. The van der Waals surface area contributed by atoms with Crippen LogP contribution in [0.15, 0.2) is 0 Å². The molecular weight excluding hydrogens is 196 g/mol. The van der Waals surface area contributed by atoms with Gasteiger partial charge in [0, 0.05) is 12.1 Å². The smallest absolute Gasteiger partial charge is 0.0303 e. The van der Waals surface area contributed by atoms with E-state index in [0.717, 1.165) is 6.54 Å². The molecule has 0 aromatic carbocycles. The molecule has 0 amide bonds. The third-order valence-electron chi connectivity index (χ3n) is 4.82. The predicted molar refractivity (Wildman–Crippen MR) is 71.6 cm³/mol. The van der Waals surface area contributed by atoms with Gasteiger partial charge in [0.05, 0.1) is 0 Å². The lowest BCUT2D eigenvalue weighted by Gasteiger charge is -2.47. The molecule has 16 heavy (non-hydrogen) atoms. The molecule has 96 valence electrons. The Kier molecular flexibility index (Phi) is 4.81. The Balaban J connectivity index is 2.57. The van der Waals surface area contributed by atoms with Crippen LogP contribution in [0.5, 0.6) is 0 Å². The number of hydrogen-bond acceptors (Lipinski definition) is 2. The molecule has 0 aromatic heterocycles. The molecule has 1 heterocycles. The van der Waals surface area contributed by atoms with Gasteiger partial charge in [0.15, 0.2) is 0 Å². The zero-order valence-corrected chi connectivity index (χ0v) is 11.7. The van der Waals surface area contributed by atoms with Crippen molar-refractivity contribution in [2.24, 2.45) is 11.1 Å². The van der Waals surface area contributed by atoms with Crippen molar-refractivity contribution in [3.63, 3.8) is 0 Å². The molecule has 0 saturated carbocycles. The number of rotatable bonds is 5. The monoisotopic (exact) mass is 226 g/mol. The van der Waals surface area contributed by atoms with Crippen LogP contribution in [0.25, 0.3) is 0 Å². The lowest BCUT2D eigenvalue weighted by atomic mass is 9.76. The van der Waals surface area contributed by atoms with Crippen LogP contribution >= 0.6 is 0 Å². The Morgan fingerprint density at radius 2 is 1.81 bits per heavy atom. The van der Waals surface area contributed by atoms with E-state index in [0.29, 0.717) is 5.41 Å². The molecule has 0 radical (unpaired) electrons. The first-order valence-electron chi connectivity index (χ1n) is 6.95. The fourth-order valence-electron chi connectivity index (χ4n) is 2.87. The van der Waals surface area contributed by atoms with E-state index >= 15 is 0 Å². The van der Waals surface area contributed by atoms with Gasteiger partial charge < -0.3 is 5.73 Å². The topological polar surface area (TPSA) is 29.3 Å². The van der Waals surface area contributed by atoms with E-state index in [1.54, 1.807) is 0 Å². The second-order valence-electron chi connectivity index (χ2n) is 6.10. The van der Waals surface area contributed by atoms with Gasteiger partial charge in [0.25, 0.3) is 0 Å². The van der Waals surface area contributed by atoms with Gasteiger partial charge in [-0.05, 0) is 44.7 Å². The summed E-state index contributed by atoms with van der Waals surface area (Å²) in [5, 5.41) is 0. The molecule has 1 saturated heterocycles. The first-order valence-corrected chi connectivity index (χ1v) is 6.95. The van der Waals surface area contributed by atoms with Crippen LogP contribution in [0.2, 0.25) is 0 Å². The predicted octanol–water partition coefficient (Wildman–Crippen LogP) is 3.02. The first kappa shape index (κ1) is 14.0. The van der Waals surface area contributed by atoms with Crippen LogP contribution in [0.1, 0.15) is 59.8 Å². The van der Waals surface area contributed by atoms with Crippen molar-refractivity contribution in [3.05, 3.63) is 0 Å². The molecule has 0 bridgehead atoms. The maximum atomic E-state index is 5.98. The summed E-state index contributed by atoms with van der Waals surface area (Å²) in [6, 6.07) is 0. The number of hydrogen-bond donors (Lipinski definition) is 1. The highest BCUT2D eigenvalue weighted by Crippen LogP contribution is 2.36. The minimum Gasteiger partial charge on any atom is -0.329 e. The highest BCUT2D eigenvalue weighted by Gasteiger charge is 2.36. The van der Waals surface area contributed by atoms with Crippen LogP contribution in [0.3, 0.4) is 0 Å². The molecule has 0 aromatic rings. The average Bonchev–Trinajstić information content (AvgIpc) is 2.30. The van der Waals surface area contributed by atoms with Crippen molar-refractivity contribution in [3.8, 4) is 0 Å². The summed E-state index contributed by atoms with van der Waals surface area (Å²) >= 11 is 0. The van der Waals surface area contributed by atoms with Gasteiger partial charge in [-0.2, -0.15) is 0 Å². The Morgan fingerprint density at radius 3 is 2.19 bits per heavy atom. The summed E-state index contributed by atoms with van der Waals surface area (Å²) in [6.07, 6.45) is 6.45. The van der Waals surface area contributed by atoms with Gasteiger partial charge in [-0.15, -0.1) is 0 Å². The van der Waals surface area contributed by atoms with Crippen LogP contribution in [-0.2, 0) is 0 Å². The zero-order chi connectivity index (χ0) is 12.2. The summed E-state index contributed by atoms with van der Waals surface area (Å²) in [4.78, 5) is 2.63. The van der Waals surface area contributed by atoms with Crippen LogP contribution in [0.4, 0.5) is 0 Å². The van der Waals surface area contributed by atoms with Gasteiger partial charge in [-0.3, -0.25) is 4.90 Å². The van der Waals surface area contributed by atoms with Crippen molar-refractivity contribution in [2.45, 2.75) is 65.3 Å². The minimum atomic E-state index is 0.240. The molecule has 1 fully saturated rings. The van der Waals surface area contributed by atoms with Crippen LogP contribution in [0, 0.1) is 5.41 Å². The van der Waals surface area contributed by atoms with E-state index in [2.05, 4.69) is 32.6 Å². The van der Waals surface area contributed by atoms with Crippen LogP contribution in [-0.4, -0.2) is 30.1 Å². The molecule has 0 spiro atoms. The number of nitrogens with two attached hydrogens (primary N) is 1. The molecule has 2 nitrogen and oxygen atoms in total. The van der Waals surface area contributed by atoms with Gasteiger partial charge >= 0.3 is 0 Å². The number of nitrogens with zero attached hydrogens (tertiary/aromatic N) is 1. The van der Waals surface area contributed by atoms with E-state index in [4.69, 9.17) is 5.73 Å². The van der Waals surface area contributed by atoms with Crippen LogP contribution < -0.4 is 5.73 Å². The SMILES string of the molecule is CCCC(C)(CN)N1CCC(C)(CC)CC1. The van der Waals surface area contributed by atoms with E-state index in [1.807, 2.05) is 0 Å². The Bertz CT molecular complexity index is 207. The summed E-state index contributed by atoms with van der Waals surface area (Å²) in [5.41, 5.74) is 6.80.